The number of fused-ring (bicyclic) bond motifs is 1. The van der Waals surface area contributed by atoms with Crippen molar-refractivity contribution in [2.24, 2.45) is 0 Å². The minimum Gasteiger partial charge on any atom is -0.480 e. The van der Waals surface area contributed by atoms with Gasteiger partial charge in [-0.3, -0.25) is 9.59 Å². The molecule has 6 nitrogen and oxygen atoms in total. The maximum absolute atomic E-state index is 12.5. The average Bonchev–Trinajstić information content (AvgIpc) is 2.85. The fourth-order valence-corrected chi connectivity index (χ4v) is 2.13. The zero-order valence-electron chi connectivity index (χ0n) is 12.4. The highest BCUT2D eigenvalue weighted by Gasteiger charge is 2.24. The molecule has 0 aromatic carbocycles. The molecule has 1 N–H and O–H groups in total. The minimum absolute atomic E-state index is 0.153. The van der Waals surface area contributed by atoms with Crippen molar-refractivity contribution in [2.75, 3.05) is 6.54 Å². The fourth-order valence-electron chi connectivity index (χ4n) is 2.13. The van der Waals surface area contributed by atoms with E-state index in [1.165, 1.54) is 4.90 Å². The number of aliphatic carboxylic acids is 1. The Kier molecular flexibility index (Phi) is 4.26. The van der Waals surface area contributed by atoms with Crippen molar-refractivity contribution in [1.82, 2.24) is 14.3 Å². The van der Waals surface area contributed by atoms with Gasteiger partial charge in [-0.1, -0.05) is 6.92 Å². The quantitative estimate of drug-likeness (QED) is 0.913. The maximum Gasteiger partial charge on any atom is 0.323 e. The van der Waals surface area contributed by atoms with Gasteiger partial charge < -0.3 is 14.4 Å². The first-order valence-corrected chi connectivity index (χ1v) is 6.90. The number of imidazole rings is 1. The number of aryl methyl sites for hydroxylation is 1. The van der Waals surface area contributed by atoms with E-state index in [1.807, 2.05) is 39.1 Å². The Labute approximate surface area is 123 Å². The summed E-state index contributed by atoms with van der Waals surface area (Å²) in [6.45, 7) is 5.38. The van der Waals surface area contributed by atoms with Gasteiger partial charge in [0.15, 0.2) is 0 Å². The van der Waals surface area contributed by atoms with Crippen molar-refractivity contribution in [3.8, 4) is 0 Å². The topological polar surface area (TPSA) is 74.9 Å². The Morgan fingerprint density at radius 1 is 1.48 bits per heavy atom. The Morgan fingerprint density at radius 3 is 2.81 bits per heavy atom. The number of hydrogen-bond acceptors (Lipinski definition) is 3. The molecule has 0 aliphatic heterocycles. The van der Waals surface area contributed by atoms with Crippen molar-refractivity contribution >= 4 is 17.5 Å². The molecule has 1 unspecified atom stereocenters. The Morgan fingerprint density at radius 2 is 2.19 bits per heavy atom. The molecule has 2 aromatic heterocycles. The number of carbonyl (C=O) groups is 2. The molecule has 0 spiro atoms. The molecule has 0 radical (unpaired) electrons. The number of amides is 1. The summed E-state index contributed by atoms with van der Waals surface area (Å²) in [6, 6.07) is 3.65. The SMILES string of the molecule is CCC(C)N(CC(=O)O)C(=O)c1cn2ccc(C)cc2n1. The van der Waals surface area contributed by atoms with E-state index in [-0.39, 0.29) is 24.2 Å². The van der Waals surface area contributed by atoms with E-state index in [9.17, 15) is 9.59 Å². The van der Waals surface area contributed by atoms with Crippen LogP contribution >= 0.6 is 0 Å². The van der Waals surface area contributed by atoms with Crippen LogP contribution in [0.15, 0.2) is 24.5 Å². The number of rotatable bonds is 5. The van der Waals surface area contributed by atoms with Crippen LogP contribution in [-0.2, 0) is 4.79 Å². The van der Waals surface area contributed by atoms with Gasteiger partial charge in [0.1, 0.15) is 17.9 Å². The molecule has 6 heteroatoms. The summed E-state index contributed by atoms with van der Waals surface area (Å²) in [5.74, 6) is -1.38. The zero-order chi connectivity index (χ0) is 15.6. The molecule has 112 valence electrons. The maximum atomic E-state index is 12.5. The van der Waals surface area contributed by atoms with Crippen molar-refractivity contribution in [3.05, 3.63) is 35.8 Å². The molecular formula is C15H19N3O3. The van der Waals surface area contributed by atoms with Gasteiger partial charge in [0.05, 0.1) is 0 Å². The second-order valence-electron chi connectivity index (χ2n) is 5.18. The third-order valence-corrected chi connectivity index (χ3v) is 3.52. The Bertz CT molecular complexity index is 678. The number of hydrogen-bond donors (Lipinski definition) is 1. The molecule has 0 saturated carbocycles. The van der Waals surface area contributed by atoms with E-state index in [1.54, 1.807) is 10.6 Å². The second-order valence-corrected chi connectivity index (χ2v) is 5.18. The second kappa shape index (κ2) is 5.95. The van der Waals surface area contributed by atoms with Gasteiger partial charge in [0, 0.05) is 18.4 Å². The highest BCUT2D eigenvalue weighted by atomic mass is 16.4. The molecule has 21 heavy (non-hydrogen) atoms. The van der Waals surface area contributed by atoms with Crippen LogP contribution in [0.5, 0.6) is 0 Å². The molecule has 2 rings (SSSR count). The first kappa shape index (κ1) is 15.0. The van der Waals surface area contributed by atoms with Crippen molar-refractivity contribution in [3.63, 3.8) is 0 Å². The van der Waals surface area contributed by atoms with E-state index < -0.39 is 5.97 Å². The summed E-state index contributed by atoms with van der Waals surface area (Å²) in [4.78, 5) is 29.1. The summed E-state index contributed by atoms with van der Waals surface area (Å²) in [5, 5.41) is 8.98. The van der Waals surface area contributed by atoms with Crippen molar-refractivity contribution in [2.45, 2.75) is 33.2 Å². The van der Waals surface area contributed by atoms with Gasteiger partial charge in [0.2, 0.25) is 0 Å². The van der Waals surface area contributed by atoms with E-state index in [4.69, 9.17) is 5.11 Å². The van der Waals surface area contributed by atoms with Crippen LogP contribution < -0.4 is 0 Å². The number of carboxylic acids is 1. The molecule has 2 heterocycles. The standard InChI is InChI=1S/C15H19N3O3/c1-4-11(3)18(9-14(19)20)15(21)12-8-17-6-5-10(2)7-13(17)16-12/h5-8,11H,4,9H2,1-3H3,(H,19,20). The summed E-state index contributed by atoms with van der Waals surface area (Å²) in [6.07, 6.45) is 4.15. The highest BCUT2D eigenvalue weighted by molar-refractivity contribution is 5.94. The van der Waals surface area contributed by atoms with Crippen LogP contribution in [0.2, 0.25) is 0 Å². The van der Waals surface area contributed by atoms with Gasteiger partial charge in [-0.15, -0.1) is 0 Å². The number of pyridine rings is 1. The monoisotopic (exact) mass is 289 g/mol. The fraction of sp³-hybridized carbons (Fsp3) is 0.400. The van der Waals surface area contributed by atoms with Gasteiger partial charge in [-0.25, -0.2) is 4.98 Å². The van der Waals surface area contributed by atoms with Crippen LogP contribution in [0, 0.1) is 6.92 Å². The zero-order valence-corrected chi connectivity index (χ0v) is 12.4. The van der Waals surface area contributed by atoms with E-state index in [2.05, 4.69) is 4.98 Å². The molecule has 1 atom stereocenters. The predicted molar refractivity (Wildman–Crippen MR) is 78.4 cm³/mol. The Balaban J connectivity index is 2.35. The van der Waals surface area contributed by atoms with Crippen LogP contribution in [0.3, 0.4) is 0 Å². The van der Waals surface area contributed by atoms with Gasteiger partial charge in [0.25, 0.3) is 5.91 Å². The molecular weight excluding hydrogens is 270 g/mol. The third kappa shape index (κ3) is 3.21. The molecule has 2 aromatic rings. The van der Waals surface area contributed by atoms with Crippen LogP contribution in [0.25, 0.3) is 5.65 Å². The number of carboxylic acid groups (broad SMARTS) is 1. The summed E-state index contributed by atoms with van der Waals surface area (Å²) in [5.41, 5.74) is 2.00. The molecule has 1 amide bonds. The lowest BCUT2D eigenvalue weighted by atomic mass is 10.2. The Hall–Kier alpha value is -2.37. The van der Waals surface area contributed by atoms with Crippen LogP contribution in [-0.4, -0.2) is 43.9 Å². The molecule has 0 bridgehead atoms. The average molecular weight is 289 g/mol. The molecule has 0 aliphatic carbocycles. The number of aromatic nitrogens is 2. The lowest BCUT2D eigenvalue weighted by Gasteiger charge is -2.26. The van der Waals surface area contributed by atoms with E-state index in [0.717, 1.165) is 5.56 Å². The summed E-state index contributed by atoms with van der Waals surface area (Å²) < 4.78 is 1.76. The highest BCUT2D eigenvalue weighted by Crippen LogP contribution is 2.13. The largest absolute Gasteiger partial charge is 0.480 e. The molecule has 0 fully saturated rings. The van der Waals surface area contributed by atoms with Crippen LogP contribution in [0.4, 0.5) is 0 Å². The van der Waals surface area contributed by atoms with Crippen molar-refractivity contribution < 1.29 is 14.7 Å². The lowest BCUT2D eigenvalue weighted by Crippen LogP contribution is -2.42. The van der Waals surface area contributed by atoms with Gasteiger partial charge >= 0.3 is 5.97 Å². The predicted octanol–water partition coefficient (Wildman–Crippen LogP) is 1.97. The molecule has 0 saturated heterocycles. The number of carbonyl (C=O) groups excluding carboxylic acids is 1. The lowest BCUT2D eigenvalue weighted by molar-refractivity contribution is -0.138. The molecule has 0 aliphatic rings. The first-order chi connectivity index (χ1) is 9.92. The minimum atomic E-state index is -1.02. The van der Waals surface area contributed by atoms with Gasteiger partial charge in [-0.05, 0) is 38.0 Å². The van der Waals surface area contributed by atoms with Gasteiger partial charge in [-0.2, -0.15) is 0 Å². The smallest absolute Gasteiger partial charge is 0.323 e. The first-order valence-electron chi connectivity index (χ1n) is 6.90. The normalized spacial score (nSPS) is 12.3. The summed E-state index contributed by atoms with van der Waals surface area (Å²) >= 11 is 0. The van der Waals surface area contributed by atoms with E-state index in [0.29, 0.717) is 12.1 Å². The third-order valence-electron chi connectivity index (χ3n) is 3.52. The summed E-state index contributed by atoms with van der Waals surface area (Å²) in [7, 11) is 0. The van der Waals surface area contributed by atoms with Crippen molar-refractivity contribution in [1.29, 1.82) is 0 Å². The van der Waals surface area contributed by atoms with Crippen LogP contribution in [0.1, 0.15) is 36.3 Å². The van der Waals surface area contributed by atoms with E-state index >= 15 is 0 Å². The number of nitrogens with zero attached hydrogens (tertiary/aromatic N) is 3.